The number of primary amides is 1. The molecule has 116 valence electrons. The largest absolute Gasteiger partial charge is 0.480 e. The summed E-state index contributed by atoms with van der Waals surface area (Å²) in [6.07, 6.45) is 0.461. The number of aliphatic carboxylic acids is 1. The van der Waals surface area contributed by atoms with Crippen molar-refractivity contribution in [2.75, 3.05) is 13.1 Å². The van der Waals surface area contributed by atoms with Crippen LogP contribution in [0.5, 0.6) is 0 Å². The first-order valence-corrected chi connectivity index (χ1v) is 8.24. The van der Waals surface area contributed by atoms with E-state index in [1.54, 1.807) is 6.92 Å². The first-order chi connectivity index (χ1) is 9.68. The van der Waals surface area contributed by atoms with Gasteiger partial charge in [0.05, 0.1) is 4.90 Å². The van der Waals surface area contributed by atoms with E-state index in [-0.39, 0.29) is 17.0 Å². The lowest BCUT2D eigenvalue weighted by Crippen LogP contribution is -2.36. The van der Waals surface area contributed by atoms with Gasteiger partial charge in [-0.2, -0.15) is 4.31 Å². The number of benzene rings is 1. The van der Waals surface area contributed by atoms with Crippen molar-refractivity contribution in [1.29, 1.82) is 0 Å². The summed E-state index contributed by atoms with van der Waals surface area (Å²) in [7, 11) is -4.02. The number of carboxylic acid groups (broad SMARTS) is 1. The molecule has 1 rings (SSSR count). The summed E-state index contributed by atoms with van der Waals surface area (Å²) in [5.41, 5.74) is 5.17. The molecule has 0 aromatic heterocycles. The van der Waals surface area contributed by atoms with Crippen LogP contribution in [-0.2, 0) is 14.8 Å². The quantitative estimate of drug-likeness (QED) is 0.734. The van der Waals surface area contributed by atoms with Crippen molar-refractivity contribution in [2.45, 2.75) is 18.2 Å². The van der Waals surface area contributed by atoms with E-state index in [0.717, 1.165) is 10.4 Å². The van der Waals surface area contributed by atoms with Gasteiger partial charge in [-0.25, -0.2) is 8.42 Å². The molecule has 1 amide bonds. The summed E-state index contributed by atoms with van der Waals surface area (Å²) in [6, 6.07) is 3.82. The number of sulfonamides is 1. The number of amides is 1. The topological polar surface area (TPSA) is 118 Å². The summed E-state index contributed by atoms with van der Waals surface area (Å²) >= 11 is 3.11. The number of hydrogen-bond donors (Lipinski definition) is 2. The molecule has 0 heterocycles. The van der Waals surface area contributed by atoms with Gasteiger partial charge in [0.15, 0.2) is 0 Å². The van der Waals surface area contributed by atoms with Crippen LogP contribution in [-0.4, -0.2) is 42.8 Å². The summed E-state index contributed by atoms with van der Waals surface area (Å²) < 4.78 is 26.2. The number of carboxylic acids is 1. The lowest BCUT2D eigenvalue weighted by molar-refractivity contribution is -0.137. The maximum Gasteiger partial charge on any atom is 0.318 e. The molecule has 0 radical (unpaired) electrons. The van der Waals surface area contributed by atoms with Crippen molar-refractivity contribution in [3.8, 4) is 0 Å². The van der Waals surface area contributed by atoms with Crippen molar-refractivity contribution in [2.24, 2.45) is 5.73 Å². The van der Waals surface area contributed by atoms with Crippen molar-refractivity contribution in [1.82, 2.24) is 4.31 Å². The van der Waals surface area contributed by atoms with Crippen LogP contribution in [0.15, 0.2) is 27.6 Å². The van der Waals surface area contributed by atoms with Gasteiger partial charge in [0, 0.05) is 16.6 Å². The lowest BCUT2D eigenvalue weighted by atomic mass is 10.2. The Morgan fingerprint density at radius 2 is 1.95 bits per heavy atom. The van der Waals surface area contributed by atoms with E-state index in [4.69, 9.17) is 10.8 Å². The third kappa shape index (κ3) is 4.51. The monoisotopic (exact) mass is 378 g/mol. The van der Waals surface area contributed by atoms with Gasteiger partial charge < -0.3 is 10.8 Å². The van der Waals surface area contributed by atoms with E-state index in [1.807, 2.05) is 0 Å². The average molecular weight is 379 g/mol. The zero-order valence-corrected chi connectivity index (χ0v) is 13.6. The highest BCUT2D eigenvalue weighted by Gasteiger charge is 2.27. The lowest BCUT2D eigenvalue weighted by Gasteiger charge is -2.20. The van der Waals surface area contributed by atoms with E-state index in [0.29, 0.717) is 10.9 Å². The van der Waals surface area contributed by atoms with Crippen LogP contribution in [0.4, 0.5) is 0 Å². The minimum Gasteiger partial charge on any atom is -0.480 e. The fourth-order valence-electron chi connectivity index (χ4n) is 1.69. The van der Waals surface area contributed by atoms with Crippen LogP contribution in [0.1, 0.15) is 23.7 Å². The molecule has 0 saturated heterocycles. The van der Waals surface area contributed by atoms with Gasteiger partial charge in [-0.3, -0.25) is 9.59 Å². The Balaban J connectivity index is 3.33. The molecule has 1 aromatic carbocycles. The SMILES string of the molecule is CCCN(CC(=O)O)S(=O)(=O)c1cc(Br)cc(C(N)=O)c1. The first kappa shape index (κ1) is 17.6. The van der Waals surface area contributed by atoms with Gasteiger partial charge >= 0.3 is 5.97 Å². The van der Waals surface area contributed by atoms with Crippen molar-refractivity contribution in [3.63, 3.8) is 0 Å². The van der Waals surface area contributed by atoms with Crippen LogP contribution < -0.4 is 5.73 Å². The number of carbonyl (C=O) groups is 2. The Hall–Kier alpha value is -1.45. The predicted molar refractivity (Wildman–Crippen MR) is 79.3 cm³/mol. The third-order valence-electron chi connectivity index (χ3n) is 2.58. The fraction of sp³-hybridized carbons (Fsp3) is 0.333. The summed E-state index contributed by atoms with van der Waals surface area (Å²) in [5.74, 6) is -2.02. The smallest absolute Gasteiger partial charge is 0.318 e. The highest BCUT2D eigenvalue weighted by Crippen LogP contribution is 2.22. The molecule has 0 aliphatic carbocycles. The third-order valence-corrected chi connectivity index (χ3v) is 4.86. The van der Waals surface area contributed by atoms with E-state index in [9.17, 15) is 18.0 Å². The minimum atomic E-state index is -4.02. The van der Waals surface area contributed by atoms with Crippen molar-refractivity contribution < 1.29 is 23.1 Å². The number of rotatable bonds is 7. The standard InChI is InChI=1S/C12H15BrN2O5S/c1-2-3-15(7-11(16)17)21(19,20)10-5-8(12(14)18)4-9(13)6-10/h4-6H,2-3,7H2,1H3,(H2,14,18)(H,16,17). The predicted octanol–water partition coefficient (Wildman–Crippen LogP) is 1.03. The second-order valence-electron chi connectivity index (χ2n) is 4.27. The number of nitrogens with zero attached hydrogens (tertiary/aromatic N) is 1. The Morgan fingerprint density at radius 3 is 2.43 bits per heavy atom. The number of halogens is 1. The highest BCUT2D eigenvalue weighted by atomic mass is 79.9. The van der Waals surface area contributed by atoms with Gasteiger partial charge in [0.1, 0.15) is 6.54 Å². The molecule has 1 aromatic rings. The summed E-state index contributed by atoms with van der Waals surface area (Å²) in [4.78, 5) is 21.8. The summed E-state index contributed by atoms with van der Waals surface area (Å²) in [6.45, 7) is 1.15. The minimum absolute atomic E-state index is 0.0229. The molecule has 0 unspecified atom stereocenters. The molecule has 3 N–H and O–H groups in total. The Labute approximate surface area is 130 Å². The first-order valence-electron chi connectivity index (χ1n) is 6.00. The maximum atomic E-state index is 12.5. The van der Waals surface area contributed by atoms with E-state index < -0.39 is 28.4 Å². The number of hydrogen-bond acceptors (Lipinski definition) is 4. The molecule has 7 nitrogen and oxygen atoms in total. The van der Waals surface area contributed by atoms with E-state index >= 15 is 0 Å². The van der Waals surface area contributed by atoms with Gasteiger partial charge in [-0.1, -0.05) is 22.9 Å². The molecule has 0 aliphatic rings. The number of nitrogens with two attached hydrogens (primary N) is 1. The Kier molecular flexibility index (Phi) is 5.87. The molecule has 9 heteroatoms. The molecule has 0 bridgehead atoms. The Bertz CT molecular complexity index is 660. The zero-order valence-electron chi connectivity index (χ0n) is 11.2. The molecular weight excluding hydrogens is 364 g/mol. The highest BCUT2D eigenvalue weighted by molar-refractivity contribution is 9.10. The summed E-state index contributed by atoms with van der Waals surface area (Å²) in [5, 5.41) is 8.83. The van der Waals surface area contributed by atoms with E-state index in [1.165, 1.54) is 12.1 Å². The van der Waals surface area contributed by atoms with Crippen LogP contribution in [0.2, 0.25) is 0 Å². The van der Waals surface area contributed by atoms with Gasteiger partial charge in [-0.15, -0.1) is 0 Å². The van der Waals surface area contributed by atoms with Gasteiger partial charge in [-0.05, 0) is 24.6 Å². The second kappa shape index (κ2) is 7.01. The zero-order chi connectivity index (χ0) is 16.2. The van der Waals surface area contributed by atoms with Gasteiger partial charge in [0.2, 0.25) is 15.9 Å². The number of carbonyl (C=O) groups excluding carboxylic acids is 1. The fourth-order valence-corrected chi connectivity index (χ4v) is 3.89. The van der Waals surface area contributed by atoms with Crippen molar-refractivity contribution in [3.05, 3.63) is 28.2 Å². The molecule has 0 fully saturated rings. The molecule has 0 aliphatic heterocycles. The Morgan fingerprint density at radius 1 is 1.33 bits per heavy atom. The maximum absolute atomic E-state index is 12.5. The van der Waals surface area contributed by atoms with Crippen LogP contribution >= 0.6 is 15.9 Å². The average Bonchev–Trinajstić information content (AvgIpc) is 2.36. The van der Waals surface area contributed by atoms with E-state index in [2.05, 4.69) is 15.9 Å². The van der Waals surface area contributed by atoms with Crippen molar-refractivity contribution >= 4 is 37.8 Å². The molecule has 0 spiro atoms. The molecule has 0 saturated carbocycles. The second-order valence-corrected chi connectivity index (χ2v) is 7.13. The van der Waals surface area contributed by atoms with Crippen LogP contribution in [0.3, 0.4) is 0 Å². The normalized spacial score (nSPS) is 11.6. The molecular formula is C12H15BrN2O5S. The van der Waals surface area contributed by atoms with Crippen LogP contribution in [0.25, 0.3) is 0 Å². The molecule has 21 heavy (non-hydrogen) atoms. The molecule has 0 atom stereocenters. The van der Waals surface area contributed by atoms with Gasteiger partial charge in [0.25, 0.3) is 0 Å². The van der Waals surface area contributed by atoms with Crippen LogP contribution in [0, 0.1) is 0 Å².